The van der Waals surface area contributed by atoms with Gasteiger partial charge in [0.1, 0.15) is 16.2 Å². The third-order valence-corrected chi connectivity index (χ3v) is 5.67. The molecule has 1 aromatic carbocycles. The predicted octanol–water partition coefficient (Wildman–Crippen LogP) is 3.90. The zero-order valence-corrected chi connectivity index (χ0v) is 18.4. The molecule has 1 aromatic heterocycles. The Bertz CT molecular complexity index is 800. The highest BCUT2D eigenvalue weighted by molar-refractivity contribution is 9.10. The van der Waals surface area contributed by atoms with Crippen molar-refractivity contribution < 1.29 is 14.6 Å². The number of para-hydroxylation sites is 1. The number of imidazole rings is 1. The van der Waals surface area contributed by atoms with E-state index >= 15 is 0 Å². The Morgan fingerprint density at radius 2 is 2.07 bits per heavy atom. The van der Waals surface area contributed by atoms with Gasteiger partial charge >= 0.3 is 6.09 Å². The molecule has 2 heterocycles. The Kier molecular flexibility index (Phi) is 7.15. The molecule has 1 fully saturated rings. The number of hydrogen-bond donors (Lipinski definition) is 4. The second-order valence-electron chi connectivity index (χ2n) is 7.67. The SMILES string of the molecule is CC(C)C(NNC(=O)O)[C@H](Oc1ccccc1)N1[C@@H](C)CC[C@H]1c1ncc(Br)[nH]1. The first-order valence-electron chi connectivity index (χ1n) is 9.80. The zero-order chi connectivity index (χ0) is 21.0. The molecule has 0 spiro atoms. The summed E-state index contributed by atoms with van der Waals surface area (Å²) < 4.78 is 7.29. The Morgan fingerprint density at radius 3 is 2.66 bits per heavy atom. The van der Waals surface area contributed by atoms with Gasteiger partial charge in [-0.1, -0.05) is 32.0 Å². The number of hydrazine groups is 1. The summed E-state index contributed by atoms with van der Waals surface area (Å²) in [5.74, 6) is 1.71. The normalized spacial score (nSPS) is 21.8. The summed E-state index contributed by atoms with van der Waals surface area (Å²) in [6, 6.07) is 9.61. The van der Waals surface area contributed by atoms with Crippen LogP contribution in [0.3, 0.4) is 0 Å². The monoisotopic (exact) mass is 465 g/mol. The van der Waals surface area contributed by atoms with Gasteiger partial charge in [-0.2, -0.15) is 0 Å². The molecule has 3 rings (SSSR count). The number of amides is 1. The van der Waals surface area contributed by atoms with Gasteiger partial charge in [-0.25, -0.2) is 15.2 Å². The van der Waals surface area contributed by atoms with Crippen molar-refractivity contribution in [2.45, 2.75) is 58.0 Å². The van der Waals surface area contributed by atoms with Crippen molar-refractivity contribution in [1.82, 2.24) is 25.7 Å². The number of ether oxygens (including phenoxy) is 1. The van der Waals surface area contributed by atoms with E-state index < -0.39 is 12.3 Å². The smallest absolute Gasteiger partial charge is 0.419 e. The molecule has 4 atom stereocenters. The number of H-pyrrole nitrogens is 1. The van der Waals surface area contributed by atoms with Crippen molar-refractivity contribution in [3.63, 3.8) is 0 Å². The molecule has 1 unspecified atom stereocenters. The van der Waals surface area contributed by atoms with E-state index in [4.69, 9.17) is 9.84 Å². The van der Waals surface area contributed by atoms with Gasteiger partial charge in [-0.15, -0.1) is 0 Å². The Hall–Kier alpha value is -2.10. The number of carboxylic acid groups (broad SMARTS) is 1. The lowest BCUT2D eigenvalue weighted by molar-refractivity contribution is -0.0473. The molecule has 0 radical (unpaired) electrons. The van der Waals surface area contributed by atoms with Crippen LogP contribution in [-0.4, -0.2) is 44.4 Å². The van der Waals surface area contributed by atoms with Crippen LogP contribution in [0.4, 0.5) is 4.79 Å². The number of likely N-dealkylation sites (tertiary alicyclic amines) is 1. The van der Waals surface area contributed by atoms with E-state index in [9.17, 15) is 4.79 Å². The first-order chi connectivity index (χ1) is 13.9. The van der Waals surface area contributed by atoms with Gasteiger partial charge in [0.25, 0.3) is 0 Å². The van der Waals surface area contributed by atoms with Crippen LogP contribution in [0.15, 0.2) is 41.1 Å². The Labute approximate surface area is 179 Å². The van der Waals surface area contributed by atoms with Crippen LogP contribution in [0.2, 0.25) is 0 Å². The van der Waals surface area contributed by atoms with Crippen LogP contribution in [0.1, 0.15) is 45.5 Å². The zero-order valence-electron chi connectivity index (χ0n) is 16.8. The minimum absolute atomic E-state index is 0.0397. The number of carbonyl (C=O) groups is 1. The van der Waals surface area contributed by atoms with Gasteiger partial charge in [-0.3, -0.25) is 10.3 Å². The second kappa shape index (κ2) is 9.60. The molecule has 158 valence electrons. The molecule has 1 amide bonds. The molecule has 9 heteroatoms. The predicted molar refractivity (Wildman–Crippen MR) is 113 cm³/mol. The molecule has 1 aliphatic rings. The summed E-state index contributed by atoms with van der Waals surface area (Å²) in [7, 11) is 0. The first kappa shape index (κ1) is 21.6. The number of rotatable bonds is 8. The molecule has 0 saturated carbocycles. The maximum absolute atomic E-state index is 11.1. The van der Waals surface area contributed by atoms with Crippen molar-refractivity contribution in [1.29, 1.82) is 0 Å². The third kappa shape index (κ3) is 5.29. The quantitative estimate of drug-likeness (QED) is 0.440. The number of nitrogens with one attached hydrogen (secondary N) is 3. The average molecular weight is 466 g/mol. The molecule has 2 aromatic rings. The number of benzene rings is 1. The summed E-state index contributed by atoms with van der Waals surface area (Å²) in [5.41, 5.74) is 5.28. The van der Waals surface area contributed by atoms with Crippen LogP contribution in [0.5, 0.6) is 5.75 Å². The summed E-state index contributed by atoms with van der Waals surface area (Å²) in [4.78, 5) is 21.2. The lowest BCUT2D eigenvalue weighted by Gasteiger charge is -2.41. The van der Waals surface area contributed by atoms with Gasteiger partial charge in [0, 0.05) is 6.04 Å². The van der Waals surface area contributed by atoms with E-state index in [2.05, 4.69) is 48.6 Å². The van der Waals surface area contributed by atoms with Crippen molar-refractivity contribution in [2.75, 3.05) is 0 Å². The van der Waals surface area contributed by atoms with Gasteiger partial charge in [0.2, 0.25) is 0 Å². The summed E-state index contributed by atoms with van der Waals surface area (Å²) in [6.45, 7) is 6.25. The molecule has 0 bridgehead atoms. The fourth-order valence-corrected chi connectivity index (χ4v) is 4.17. The summed E-state index contributed by atoms with van der Waals surface area (Å²) >= 11 is 3.44. The fourth-order valence-electron chi connectivity index (χ4n) is 3.86. The number of halogens is 1. The van der Waals surface area contributed by atoms with Crippen LogP contribution >= 0.6 is 15.9 Å². The lowest BCUT2D eigenvalue weighted by Crippen LogP contribution is -2.60. The molecule has 29 heavy (non-hydrogen) atoms. The molecule has 1 saturated heterocycles. The van der Waals surface area contributed by atoms with E-state index in [1.807, 2.05) is 44.2 Å². The number of hydrogen-bond acceptors (Lipinski definition) is 5. The van der Waals surface area contributed by atoms with E-state index in [1.54, 1.807) is 6.20 Å². The van der Waals surface area contributed by atoms with Crippen molar-refractivity contribution >= 4 is 22.0 Å². The lowest BCUT2D eigenvalue weighted by atomic mass is 10.0. The maximum atomic E-state index is 11.1. The summed E-state index contributed by atoms with van der Waals surface area (Å²) in [6.07, 6.45) is 2.15. The molecule has 0 aliphatic carbocycles. The van der Waals surface area contributed by atoms with Crippen LogP contribution in [0.25, 0.3) is 0 Å². The fraction of sp³-hybridized carbons (Fsp3) is 0.500. The first-order valence-corrected chi connectivity index (χ1v) is 10.6. The highest BCUT2D eigenvalue weighted by atomic mass is 79.9. The van der Waals surface area contributed by atoms with E-state index in [0.717, 1.165) is 29.0 Å². The molecule has 8 nitrogen and oxygen atoms in total. The van der Waals surface area contributed by atoms with Crippen molar-refractivity contribution in [3.8, 4) is 5.75 Å². The number of aromatic nitrogens is 2. The molecular formula is C20H28BrN5O3. The van der Waals surface area contributed by atoms with E-state index in [1.165, 1.54) is 0 Å². The molecule has 1 aliphatic heterocycles. The third-order valence-electron chi connectivity index (χ3n) is 5.27. The van der Waals surface area contributed by atoms with Crippen molar-refractivity contribution in [2.24, 2.45) is 5.92 Å². The topological polar surface area (TPSA) is 103 Å². The number of aromatic amines is 1. The van der Waals surface area contributed by atoms with E-state index in [0.29, 0.717) is 0 Å². The minimum atomic E-state index is -1.13. The van der Waals surface area contributed by atoms with Gasteiger partial charge < -0.3 is 14.8 Å². The average Bonchev–Trinajstić information content (AvgIpc) is 3.26. The Morgan fingerprint density at radius 1 is 1.34 bits per heavy atom. The van der Waals surface area contributed by atoms with Gasteiger partial charge in [0.15, 0.2) is 6.23 Å². The highest BCUT2D eigenvalue weighted by Gasteiger charge is 2.43. The molecular weight excluding hydrogens is 438 g/mol. The standard InChI is InChI=1S/C20H28BrN5O3/c1-12(2)17(24-25-20(27)28)19(29-14-7-5-4-6-8-14)26-13(3)9-10-15(26)18-22-11-16(21)23-18/h4-8,11-13,15,17,19,24-25H,9-10H2,1-3H3,(H,22,23)(H,27,28)/t13-,15-,17?,19-/m0/s1. The van der Waals surface area contributed by atoms with Gasteiger partial charge in [-0.05, 0) is 53.7 Å². The second-order valence-corrected chi connectivity index (χ2v) is 8.53. The maximum Gasteiger partial charge on any atom is 0.419 e. The Balaban J connectivity index is 1.96. The van der Waals surface area contributed by atoms with Crippen LogP contribution < -0.4 is 15.6 Å². The minimum Gasteiger partial charge on any atom is -0.473 e. The van der Waals surface area contributed by atoms with Crippen LogP contribution in [0, 0.1) is 5.92 Å². The summed E-state index contributed by atoms with van der Waals surface area (Å²) in [5, 5.41) is 9.12. The largest absolute Gasteiger partial charge is 0.473 e. The highest BCUT2D eigenvalue weighted by Crippen LogP contribution is 2.38. The van der Waals surface area contributed by atoms with E-state index in [-0.39, 0.29) is 24.0 Å². The van der Waals surface area contributed by atoms with Crippen LogP contribution in [-0.2, 0) is 0 Å². The number of nitrogens with zero attached hydrogens (tertiary/aromatic N) is 2. The molecule has 4 N–H and O–H groups in total. The van der Waals surface area contributed by atoms with Gasteiger partial charge in [0.05, 0.1) is 18.3 Å². The van der Waals surface area contributed by atoms with Crippen molar-refractivity contribution in [3.05, 3.63) is 47.0 Å².